The molecule has 1 fully saturated rings. The van der Waals surface area contributed by atoms with Gasteiger partial charge in [-0.15, -0.1) is 0 Å². The average molecular weight is 378 g/mol. The number of carbonyl (C=O) groups excluding carboxylic acids is 1. The molecular formula is C17H23ClF3N3O. The van der Waals surface area contributed by atoms with E-state index in [1.54, 1.807) is 0 Å². The van der Waals surface area contributed by atoms with Gasteiger partial charge in [0.15, 0.2) is 0 Å². The van der Waals surface area contributed by atoms with Gasteiger partial charge in [-0.3, -0.25) is 9.69 Å². The summed E-state index contributed by atoms with van der Waals surface area (Å²) in [4.78, 5) is 15.4. The number of carbonyl (C=O) groups is 1. The van der Waals surface area contributed by atoms with E-state index in [-0.39, 0.29) is 6.54 Å². The van der Waals surface area contributed by atoms with Crippen molar-refractivity contribution in [3.8, 4) is 0 Å². The van der Waals surface area contributed by atoms with Crippen LogP contribution in [0.15, 0.2) is 24.3 Å². The van der Waals surface area contributed by atoms with Crippen molar-refractivity contribution in [2.75, 3.05) is 39.3 Å². The van der Waals surface area contributed by atoms with Gasteiger partial charge >= 0.3 is 12.1 Å². The Labute approximate surface area is 150 Å². The molecule has 1 aliphatic heterocycles. The molecule has 0 unspecified atom stereocenters. The van der Waals surface area contributed by atoms with Crippen LogP contribution in [0.1, 0.15) is 18.4 Å². The first-order valence-corrected chi connectivity index (χ1v) is 8.76. The summed E-state index contributed by atoms with van der Waals surface area (Å²) >= 11 is 5.90. The van der Waals surface area contributed by atoms with Crippen LogP contribution >= 0.6 is 11.6 Å². The maximum Gasteiger partial charge on any atom is 0.471 e. The lowest BCUT2D eigenvalue weighted by Crippen LogP contribution is -2.38. The molecule has 140 valence electrons. The van der Waals surface area contributed by atoms with Crippen LogP contribution in [0.2, 0.25) is 5.02 Å². The third-order valence-corrected chi connectivity index (χ3v) is 4.45. The van der Waals surface area contributed by atoms with Gasteiger partial charge in [0, 0.05) is 31.2 Å². The lowest BCUT2D eigenvalue weighted by Gasteiger charge is -2.22. The van der Waals surface area contributed by atoms with Gasteiger partial charge in [-0.05, 0) is 50.2 Å². The summed E-state index contributed by atoms with van der Waals surface area (Å²) in [5, 5.41) is 2.64. The first-order chi connectivity index (χ1) is 11.8. The largest absolute Gasteiger partial charge is 0.471 e. The molecule has 4 nitrogen and oxygen atoms in total. The van der Waals surface area contributed by atoms with Crippen LogP contribution in [0.25, 0.3) is 0 Å². The first-order valence-electron chi connectivity index (χ1n) is 8.39. The zero-order valence-electron chi connectivity index (χ0n) is 14.0. The van der Waals surface area contributed by atoms with Gasteiger partial charge in [-0.2, -0.15) is 13.2 Å². The van der Waals surface area contributed by atoms with Crippen LogP contribution in [-0.2, 0) is 11.3 Å². The van der Waals surface area contributed by atoms with E-state index in [1.165, 1.54) is 5.56 Å². The van der Waals surface area contributed by atoms with E-state index in [0.717, 1.165) is 44.2 Å². The Balaban J connectivity index is 1.67. The van der Waals surface area contributed by atoms with Crippen LogP contribution in [0.5, 0.6) is 0 Å². The minimum absolute atomic E-state index is 0.0450. The van der Waals surface area contributed by atoms with Crippen LogP contribution in [0.4, 0.5) is 13.2 Å². The summed E-state index contributed by atoms with van der Waals surface area (Å²) in [6.45, 7) is 5.30. The maximum atomic E-state index is 12.1. The Morgan fingerprint density at radius 2 is 1.72 bits per heavy atom. The molecule has 1 saturated heterocycles. The van der Waals surface area contributed by atoms with Gasteiger partial charge in [0.25, 0.3) is 0 Å². The van der Waals surface area contributed by atoms with Crippen molar-refractivity contribution in [2.24, 2.45) is 0 Å². The van der Waals surface area contributed by atoms with Crippen molar-refractivity contribution < 1.29 is 18.0 Å². The third-order valence-electron chi connectivity index (χ3n) is 4.19. The van der Waals surface area contributed by atoms with E-state index >= 15 is 0 Å². The summed E-state index contributed by atoms with van der Waals surface area (Å²) in [5.41, 5.74) is 1.22. The van der Waals surface area contributed by atoms with Gasteiger partial charge in [-0.25, -0.2) is 0 Å². The van der Waals surface area contributed by atoms with Gasteiger partial charge < -0.3 is 10.2 Å². The first kappa shape index (κ1) is 20.0. The molecule has 2 rings (SSSR count). The molecule has 1 aromatic carbocycles. The van der Waals surface area contributed by atoms with E-state index in [1.807, 2.05) is 29.6 Å². The molecular weight excluding hydrogens is 355 g/mol. The molecule has 0 aromatic heterocycles. The molecule has 8 heteroatoms. The van der Waals surface area contributed by atoms with Crippen LogP contribution < -0.4 is 5.32 Å². The molecule has 1 heterocycles. The third kappa shape index (κ3) is 7.22. The number of rotatable bonds is 6. The minimum Gasteiger partial charge on any atom is -0.348 e. The summed E-state index contributed by atoms with van der Waals surface area (Å²) < 4.78 is 36.3. The summed E-state index contributed by atoms with van der Waals surface area (Å²) in [6.07, 6.45) is -3.27. The second-order valence-corrected chi connectivity index (χ2v) is 6.64. The predicted molar refractivity (Wildman–Crippen MR) is 91.5 cm³/mol. The lowest BCUT2D eigenvalue weighted by molar-refractivity contribution is -0.173. The second kappa shape index (κ2) is 9.40. The predicted octanol–water partition coefficient (Wildman–Crippen LogP) is 2.92. The summed E-state index contributed by atoms with van der Waals surface area (Å²) in [5.74, 6) is -1.86. The average Bonchev–Trinajstić information content (AvgIpc) is 2.78. The molecule has 1 aliphatic rings. The smallest absolute Gasteiger partial charge is 0.348 e. The number of halogens is 4. The molecule has 0 spiro atoms. The van der Waals surface area contributed by atoms with Crippen molar-refractivity contribution in [3.05, 3.63) is 34.9 Å². The molecule has 0 saturated carbocycles. The number of hydrogen-bond donors (Lipinski definition) is 1. The van der Waals surface area contributed by atoms with E-state index in [2.05, 4.69) is 9.80 Å². The Hall–Kier alpha value is -1.31. The zero-order valence-corrected chi connectivity index (χ0v) is 14.7. The fraction of sp³-hybridized carbons (Fsp3) is 0.588. The molecule has 0 radical (unpaired) electrons. The fourth-order valence-electron chi connectivity index (χ4n) is 2.86. The SMILES string of the molecule is O=C(NCCCN1CCCN(Cc2ccc(Cl)cc2)CC1)C(F)(F)F. The van der Waals surface area contributed by atoms with Crippen LogP contribution in [0.3, 0.4) is 0 Å². The summed E-state index contributed by atoms with van der Waals surface area (Å²) in [6, 6.07) is 7.81. The van der Waals surface area contributed by atoms with Gasteiger partial charge in [0.05, 0.1) is 0 Å². The number of alkyl halides is 3. The molecule has 1 amide bonds. The number of benzene rings is 1. The molecule has 25 heavy (non-hydrogen) atoms. The Bertz CT molecular complexity index is 551. The molecule has 1 N–H and O–H groups in total. The van der Waals surface area contributed by atoms with E-state index in [0.29, 0.717) is 13.0 Å². The quantitative estimate of drug-likeness (QED) is 0.774. The number of hydrogen-bond acceptors (Lipinski definition) is 3. The molecule has 1 aromatic rings. The monoisotopic (exact) mass is 377 g/mol. The van der Waals surface area contributed by atoms with Crippen molar-refractivity contribution in [2.45, 2.75) is 25.6 Å². The highest BCUT2D eigenvalue weighted by molar-refractivity contribution is 6.30. The van der Waals surface area contributed by atoms with Crippen molar-refractivity contribution in [1.82, 2.24) is 15.1 Å². The Morgan fingerprint density at radius 3 is 2.40 bits per heavy atom. The normalized spacial score (nSPS) is 17.3. The molecule has 0 bridgehead atoms. The highest BCUT2D eigenvalue weighted by Gasteiger charge is 2.38. The Morgan fingerprint density at radius 1 is 1.08 bits per heavy atom. The number of amides is 1. The van der Waals surface area contributed by atoms with Gasteiger partial charge in [0.2, 0.25) is 0 Å². The van der Waals surface area contributed by atoms with Gasteiger partial charge in [0.1, 0.15) is 0 Å². The topological polar surface area (TPSA) is 35.6 Å². The van der Waals surface area contributed by atoms with E-state index < -0.39 is 12.1 Å². The minimum atomic E-state index is -4.80. The number of nitrogens with one attached hydrogen (secondary N) is 1. The maximum absolute atomic E-state index is 12.1. The standard InChI is InChI=1S/C17H23ClF3N3O/c18-15-5-3-14(4-6-15)13-24-10-2-9-23(11-12-24)8-1-7-22-16(25)17(19,20)21/h3-6H,1-2,7-13H2,(H,22,25). The van der Waals surface area contributed by atoms with E-state index in [4.69, 9.17) is 11.6 Å². The summed E-state index contributed by atoms with van der Waals surface area (Å²) in [7, 11) is 0. The van der Waals surface area contributed by atoms with E-state index in [9.17, 15) is 18.0 Å². The zero-order chi connectivity index (χ0) is 18.3. The van der Waals surface area contributed by atoms with Crippen molar-refractivity contribution in [1.29, 1.82) is 0 Å². The molecule has 0 atom stereocenters. The highest BCUT2D eigenvalue weighted by Crippen LogP contribution is 2.14. The second-order valence-electron chi connectivity index (χ2n) is 6.21. The Kier molecular flexibility index (Phi) is 7.53. The highest BCUT2D eigenvalue weighted by atomic mass is 35.5. The number of nitrogens with zero attached hydrogens (tertiary/aromatic N) is 2. The molecule has 0 aliphatic carbocycles. The van der Waals surface area contributed by atoms with Crippen molar-refractivity contribution >= 4 is 17.5 Å². The van der Waals surface area contributed by atoms with Crippen molar-refractivity contribution in [3.63, 3.8) is 0 Å². The van der Waals surface area contributed by atoms with Crippen LogP contribution in [-0.4, -0.2) is 61.2 Å². The van der Waals surface area contributed by atoms with Crippen LogP contribution in [0, 0.1) is 0 Å². The lowest BCUT2D eigenvalue weighted by atomic mass is 10.2. The van der Waals surface area contributed by atoms with Gasteiger partial charge in [-0.1, -0.05) is 23.7 Å². The fourth-order valence-corrected chi connectivity index (χ4v) is 2.98.